The molecule has 2 heterocycles. The molecule has 1 aromatic heterocycles. The van der Waals surface area contributed by atoms with Crippen molar-refractivity contribution in [2.24, 2.45) is 5.92 Å². The van der Waals surface area contributed by atoms with Crippen molar-refractivity contribution in [3.63, 3.8) is 0 Å². The van der Waals surface area contributed by atoms with Crippen molar-refractivity contribution in [1.29, 1.82) is 0 Å². The molecule has 1 aliphatic heterocycles. The highest BCUT2D eigenvalue weighted by molar-refractivity contribution is 8.17. The molecule has 8 heteroatoms. The average molecular weight is 440 g/mol. The maximum absolute atomic E-state index is 11.4. The summed E-state index contributed by atoms with van der Waals surface area (Å²) in [6, 6.07) is 12.7. The number of aliphatic hydroxyl groups is 1. The Balaban J connectivity index is 1.19. The van der Waals surface area contributed by atoms with E-state index in [0.717, 1.165) is 50.0 Å². The molecule has 1 atom stereocenters. The van der Waals surface area contributed by atoms with Crippen molar-refractivity contribution in [3.8, 4) is 0 Å². The quantitative estimate of drug-likeness (QED) is 0.468. The fraction of sp³-hybridized carbons (Fsp3) is 0.435. The highest BCUT2D eigenvalue weighted by atomic mass is 32.2. The lowest BCUT2D eigenvalue weighted by Crippen LogP contribution is -2.32. The van der Waals surface area contributed by atoms with Crippen LogP contribution in [0.3, 0.4) is 0 Å². The number of rotatable bonds is 8. The second kappa shape index (κ2) is 10.7. The molecule has 0 radical (unpaired) electrons. The van der Waals surface area contributed by atoms with E-state index >= 15 is 0 Å². The SMILES string of the molecule is O=C1NC(O)/C(=C/c2ccnc(N[C@H]3CC[C@H](CNCCc4ccccc4)CC3)n2)S1. The summed E-state index contributed by atoms with van der Waals surface area (Å²) in [6.07, 6.45) is 8.12. The first-order valence-electron chi connectivity index (χ1n) is 10.9. The molecule has 31 heavy (non-hydrogen) atoms. The molecule has 1 saturated heterocycles. The van der Waals surface area contributed by atoms with Crippen molar-refractivity contribution < 1.29 is 9.90 Å². The fourth-order valence-electron chi connectivity index (χ4n) is 4.03. The summed E-state index contributed by atoms with van der Waals surface area (Å²) in [5.41, 5.74) is 2.05. The molecule has 0 bridgehead atoms. The molecule has 4 N–H and O–H groups in total. The number of benzene rings is 1. The molecular weight excluding hydrogens is 410 g/mol. The van der Waals surface area contributed by atoms with Gasteiger partial charge in [-0.3, -0.25) is 4.79 Å². The van der Waals surface area contributed by atoms with Gasteiger partial charge in [0.2, 0.25) is 5.95 Å². The Labute approximate surface area is 187 Å². The van der Waals surface area contributed by atoms with Crippen LogP contribution in [-0.4, -0.2) is 45.7 Å². The lowest BCUT2D eigenvalue weighted by Gasteiger charge is -2.29. The van der Waals surface area contributed by atoms with Crippen LogP contribution in [0.2, 0.25) is 0 Å². The van der Waals surface area contributed by atoms with Gasteiger partial charge in [-0.25, -0.2) is 9.97 Å². The van der Waals surface area contributed by atoms with Gasteiger partial charge >= 0.3 is 0 Å². The molecule has 1 unspecified atom stereocenters. The molecule has 1 aromatic carbocycles. The lowest BCUT2D eigenvalue weighted by molar-refractivity contribution is 0.192. The van der Waals surface area contributed by atoms with E-state index in [2.05, 4.69) is 56.3 Å². The number of hydrogen-bond acceptors (Lipinski definition) is 7. The van der Waals surface area contributed by atoms with Crippen molar-refractivity contribution in [2.75, 3.05) is 18.4 Å². The number of aromatic nitrogens is 2. The van der Waals surface area contributed by atoms with Gasteiger partial charge in [0, 0.05) is 17.1 Å². The smallest absolute Gasteiger partial charge is 0.285 e. The standard InChI is InChI=1S/C23H29N5O2S/c29-21-20(31-23(30)28-21)14-19-11-13-25-22(27-19)26-18-8-6-17(7-9-18)15-24-12-10-16-4-2-1-3-5-16/h1-5,11,13-14,17-18,21,24,29H,6-10,12,15H2,(H,28,30)(H,25,26,27)/b20-14-/t17-,18-,21?. The number of hydrogen-bond donors (Lipinski definition) is 4. The lowest BCUT2D eigenvalue weighted by atomic mass is 9.86. The second-order valence-electron chi connectivity index (χ2n) is 8.09. The first-order valence-corrected chi connectivity index (χ1v) is 11.7. The maximum atomic E-state index is 11.4. The minimum atomic E-state index is -0.958. The third kappa shape index (κ3) is 6.53. The third-order valence-corrected chi connectivity index (χ3v) is 6.63. The molecule has 2 fully saturated rings. The number of amides is 1. The largest absolute Gasteiger partial charge is 0.369 e. The van der Waals surface area contributed by atoms with E-state index in [9.17, 15) is 9.90 Å². The summed E-state index contributed by atoms with van der Waals surface area (Å²) in [5.74, 6) is 1.31. The number of thioether (sulfide) groups is 1. The van der Waals surface area contributed by atoms with Crippen LogP contribution in [0.25, 0.3) is 6.08 Å². The number of aliphatic hydroxyl groups excluding tert-OH is 1. The summed E-state index contributed by atoms with van der Waals surface area (Å²) >= 11 is 0.991. The van der Waals surface area contributed by atoms with Gasteiger partial charge in [-0.15, -0.1) is 0 Å². The van der Waals surface area contributed by atoms with Gasteiger partial charge in [0.05, 0.1) is 5.69 Å². The molecule has 2 aliphatic rings. The Morgan fingerprint density at radius 1 is 1.16 bits per heavy atom. The molecule has 4 rings (SSSR count). The molecular formula is C23H29N5O2S. The molecule has 1 saturated carbocycles. The van der Waals surface area contributed by atoms with Crippen LogP contribution in [0.1, 0.15) is 36.9 Å². The predicted octanol–water partition coefficient (Wildman–Crippen LogP) is 3.40. The zero-order valence-corrected chi connectivity index (χ0v) is 18.3. The topological polar surface area (TPSA) is 99.2 Å². The molecule has 2 aromatic rings. The van der Waals surface area contributed by atoms with Crippen LogP contribution < -0.4 is 16.0 Å². The van der Waals surface area contributed by atoms with E-state index < -0.39 is 6.23 Å². The van der Waals surface area contributed by atoms with Gasteiger partial charge in [0.15, 0.2) is 6.23 Å². The van der Waals surface area contributed by atoms with E-state index in [0.29, 0.717) is 22.6 Å². The monoisotopic (exact) mass is 439 g/mol. The average Bonchev–Trinajstić information content (AvgIpc) is 3.10. The fourth-order valence-corrected chi connectivity index (χ4v) is 4.76. The van der Waals surface area contributed by atoms with Crippen LogP contribution >= 0.6 is 11.8 Å². The summed E-state index contributed by atoms with van der Waals surface area (Å²) in [6.45, 7) is 2.10. The normalized spacial score (nSPS) is 24.9. The minimum absolute atomic E-state index is 0.252. The number of nitrogens with zero attached hydrogens (tertiary/aromatic N) is 2. The maximum Gasteiger partial charge on any atom is 0.285 e. The summed E-state index contributed by atoms with van der Waals surface area (Å²) < 4.78 is 0. The van der Waals surface area contributed by atoms with E-state index in [1.807, 2.05) is 0 Å². The van der Waals surface area contributed by atoms with Crippen LogP contribution in [0.5, 0.6) is 0 Å². The van der Waals surface area contributed by atoms with E-state index in [1.54, 1.807) is 18.3 Å². The van der Waals surface area contributed by atoms with Crippen LogP contribution in [0.4, 0.5) is 10.7 Å². The van der Waals surface area contributed by atoms with Gasteiger partial charge < -0.3 is 21.1 Å². The highest BCUT2D eigenvalue weighted by Crippen LogP contribution is 2.28. The van der Waals surface area contributed by atoms with Crippen LogP contribution in [0, 0.1) is 5.92 Å². The van der Waals surface area contributed by atoms with Gasteiger partial charge in [-0.2, -0.15) is 0 Å². The van der Waals surface area contributed by atoms with E-state index in [4.69, 9.17) is 0 Å². The summed E-state index contributed by atoms with van der Waals surface area (Å²) in [7, 11) is 0. The molecule has 1 aliphatic carbocycles. The Morgan fingerprint density at radius 3 is 2.71 bits per heavy atom. The first-order chi connectivity index (χ1) is 15.2. The zero-order valence-electron chi connectivity index (χ0n) is 17.5. The highest BCUT2D eigenvalue weighted by Gasteiger charge is 2.25. The van der Waals surface area contributed by atoms with Crippen molar-refractivity contribution in [3.05, 3.63) is 58.8 Å². The summed E-state index contributed by atoms with van der Waals surface area (Å²) in [4.78, 5) is 20.8. The van der Waals surface area contributed by atoms with E-state index in [-0.39, 0.29) is 5.24 Å². The molecule has 7 nitrogen and oxygen atoms in total. The van der Waals surface area contributed by atoms with Gasteiger partial charge in [-0.05, 0) is 80.6 Å². The van der Waals surface area contributed by atoms with Gasteiger partial charge in [0.1, 0.15) is 0 Å². The Bertz CT molecular complexity index is 900. The van der Waals surface area contributed by atoms with Crippen molar-refractivity contribution in [2.45, 2.75) is 44.4 Å². The Kier molecular flexibility index (Phi) is 7.56. The Morgan fingerprint density at radius 2 is 1.97 bits per heavy atom. The zero-order chi connectivity index (χ0) is 21.5. The van der Waals surface area contributed by atoms with Gasteiger partial charge in [0.25, 0.3) is 5.24 Å². The molecule has 1 amide bonds. The van der Waals surface area contributed by atoms with E-state index in [1.165, 1.54) is 18.4 Å². The van der Waals surface area contributed by atoms with Crippen molar-refractivity contribution >= 4 is 29.0 Å². The minimum Gasteiger partial charge on any atom is -0.369 e. The molecule has 164 valence electrons. The third-order valence-electron chi connectivity index (χ3n) is 5.75. The van der Waals surface area contributed by atoms with Crippen LogP contribution in [-0.2, 0) is 6.42 Å². The number of carbonyl (C=O) groups excluding carboxylic acids is 1. The summed E-state index contributed by atoms with van der Waals surface area (Å²) in [5, 5.41) is 19.1. The van der Waals surface area contributed by atoms with Crippen LogP contribution in [0.15, 0.2) is 47.5 Å². The number of carbonyl (C=O) groups is 1. The second-order valence-corrected chi connectivity index (χ2v) is 9.14. The number of anilines is 1. The molecule has 0 spiro atoms. The van der Waals surface area contributed by atoms with Gasteiger partial charge in [-0.1, -0.05) is 30.3 Å². The number of nitrogens with one attached hydrogen (secondary N) is 3. The van der Waals surface area contributed by atoms with Crippen molar-refractivity contribution in [1.82, 2.24) is 20.6 Å². The predicted molar refractivity (Wildman–Crippen MR) is 125 cm³/mol. The Hall–Kier alpha value is -2.42. The first kappa shape index (κ1) is 21.8.